The monoisotopic (exact) mass is 294 g/mol. The molecule has 0 aliphatic carbocycles. The number of halogens is 1. The molecule has 0 atom stereocenters. The molecule has 1 saturated heterocycles. The molecular formula is C17H27FN2O. The van der Waals surface area contributed by atoms with Gasteiger partial charge in [-0.15, -0.1) is 0 Å². The summed E-state index contributed by atoms with van der Waals surface area (Å²) in [6.45, 7) is 7.47. The third-order valence-electron chi connectivity index (χ3n) is 3.96. The number of hydrogen-bond donors (Lipinski definition) is 1. The van der Waals surface area contributed by atoms with Crippen molar-refractivity contribution < 1.29 is 9.13 Å². The number of benzene rings is 1. The first kappa shape index (κ1) is 16.4. The van der Waals surface area contributed by atoms with E-state index in [0.29, 0.717) is 18.2 Å². The number of likely N-dealkylation sites (tertiary alicyclic amines) is 1. The number of rotatable bonds is 6. The summed E-state index contributed by atoms with van der Waals surface area (Å²) >= 11 is 0. The molecule has 1 fully saturated rings. The van der Waals surface area contributed by atoms with Gasteiger partial charge in [0.15, 0.2) is 0 Å². The molecule has 21 heavy (non-hydrogen) atoms. The van der Waals surface area contributed by atoms with Gasteiger partial charge in [0.2, 0.25) is 0 Å². The van der Waals surface area contributed by atoms with Crippen LogP contribution in [0.25, 0.3) is 0 Å². The second-order valence-electron chi connectivity index (χ2n) is 6.28. The van der Waals surface area contributed by atoms with Gasteiger partial charge in [-0.3, -0.25) is 0 Å². The highest BCUT2D eigenvalue weighted by Gasteiger charge is 2.17. The normalized spacial score (nSPS) is 17.6. The highest BCUT2D eigenvalue weighted by Crippen LogP contribution is 2.17. The van der Waals surface area contributed by atoms with Crippen LogP contribution in [0.3, 0.4) is 0 Å². The number of nitrogens with zero attached hydrogens (tertiary/aromatic N) is 1. The third-order valence-corrected chi connectivity index (χ3v) is 3.96. The van der Waals surface area contributed by atoms with Crippen molar-refractivity contribution in [3.8, 4) is 0 Å². The molecule has 3 nitrogen and oxygen atoms in total. The van der Waals surface area contributed by atoms with Crippen LogP contribution in [0.1, 0.15) is 37.8 Å². The van der Waals surface area contributed by atoms with Crippen molar-refractivity contribution in [3.63, 3.8) is 0 Å². The molecule has 2 rings (SSSR count). The predicted octanol–water partition coefficient (Wildman–Crippen LogP) is 2.93. The summed E-state index contributed by atoms with van der Waals surface area (Å²) in [6, 6.07) is 5.72. The van der Waals surface area contributed by atoms with Gasteiger partial charge in [-0.1, -0.05) is 19.9 Å². The Morgan fingerprint density at radius 1 is 1.33 bits per heavy atom. The van der Waals surface area contributed by atoms with E-state index in [1.165, 1.54) is 0 Å². The molecule has 1 aromatic carbocycles. The van der Waals surface area contributed by atoms with E-state index in [1.54, 1.807) is 6.07 Å². The summed E-state index contributed by atoms with van der Waals surface area (Å²) in [4.78, 5) is 2.30. The van der Waals surface area contributed by atoms with Gasteiger partial charge >= 0.3 is 0 Å². The third kappa shape index (κ3) is 5.38. The lowest BCUT2D eigenvalue weighted by Crippen LogP contribution is -2.34. The number of piperidine rings is 1. The summed E-state index contributed by atoms with van der Waals surface area (Å²) in [7, 11) is 2.13. The Morgan fingerprint density at radius 2 is 2.05 bits per heavy atom. The molecule has 1 aliphatic rings. The Bertz CT molecular complexity index is 442. The van der Waals surface area contributed by atoms with Crippen LogP contribution in [0.2, 0.25) is 0 Å². The van der Waals surface area contributed by atoms with Gasteiger partial charge in [0.1, 0.15) is 5.82 Å². The van der Waals surface area contributed by atoms with Gasteiger partial charge in [0.25, 0.3) is 0 Å². The molecule has 0 spiro atoms. The first-order valence-electron chi connectivity index (χ1n) is 7.85. The van der Waals surface area contributed by atoms with E-state index in [-0.39, 0.29) is 11.9 Å². The summed E-state index contributed by atoms with van der Waals surface area (Å²) in [5, 5.41) is 3.35. The number of hydrogen-bond acceptors (Lipinski definition) is 3. The van der Waals surface area contributed by atoms with Crippen LogP contribution in [-0.4, -0.2) is 37.2 Å². The van der Waals surface area contributed by atoms with E-state index in [4.69, 9.17) is 4.74 Å². The zero-order valence-electron chi connectivity index (χ0n) is 13.4. The fraction of sp³-hybridized carbons (Fsp3) is 0.647. The van der Waals surface area contributed by atoms with Crippen molar-refractivity contribution in [1.29, 1.82) is 0 Å². The van der Waals surface area contributed by atoms with Gasteiger partial charge in [-0.2, -0.15) is 0 Å². The smallest absolute Gasteiger partial charge is 0.128 e. The maximum atomic E-state index is 13.9. The minimum Gasteiger partial charge on any atom is -0.373 e. The van der Waals surface area contributed by atoms with Gasteiger partial charge < -0.3 is 15.0 Å². The summed E-state index contributed by atoms with van der Waals surface area (Å²) in [5.74, 6) is -0.170. The Balaban J connectivity index is 1.88. The van der Waals surface area contributed by atoms with Crippen molar-refractivity contribution in [2.75, 3.05) is 20.1 Å². The van der Waals surface area contributed by atoms with E-state index in [2.05, 4.69) is 31.1 Å². The van der Waals surface area contributed by atoms with Crippen molar-refractivity contribution >= 4 is 0 Å². The Labute approximate surface area is 127 Å². The minimum absolute atomic E-state index is 0.170. The lowest BCUT2D eigenvalue weighted by atomic mass is 10.1. The van der Waals surface area contributed by atoms with Gasteiger partial charge in [0, 0.05) is 31.2 Å². The van der Waals surface area contributed by atoms with E-state index in [9.17, 15) is 4.39 Å². The highest BCUT2D eigenvalue weighted by atomic mass is 19.1. The highest BCUT2D eigenvalue weighted by molar-refractivity contribution is 5.24. The summed E-state index contributed by atoms with van der Waals surface area (Å²) in [5.41, 5.74) is 1.77. The summed E-state index contributed by atoms with van der Waals surface area (Å²) in [6.07, 6.45) is 2.33. The van der Waals surface area contributed by atoms with Crippen LogP contribution in [0.15, 0.2) is 18.2 Å². The van der Waals surface area contributed by atoms with E-state index in [1.807, 2.05) is 12.1 Å². The number of nitrogens with one attached hydrogen (secondary N) is 1. The van der Waals surface area contributed by atoms with Crippen LogP contribution in [0.5, 0.6) is 0 Å². The zero-order valence-corrected chi connectivity index (χ0v) is 13.4. The molecule has 1 aliphatic heterocycles. The van der Waals surface area contributed by atoms with E-state index < -0.39 is 0 Å². The molecule has 1 aromatic rings. The SMILES string of the molecule is CC(C)NCc1ccc(F)c(COC2CCN(C)CC2)c1. The van der Waals surface area contributed by atoms with E-state index in [0.717, 1.165) is 38.0 Å². The summed E-state index contributed by atoms with van der Waals surface area (Å²) < 4.78 is 19.8. The maximum absolute atomic E-state index is 13.9. The Morgan fingerprint density at radius 3 is 2.71 bits per heavy atom. The standard InChI is InChI=1S/C17H27FN2O/c1-13(2)19-11-14-4-5-17(18)15(10-14)12-21-16-6-8-20(3)9-7-16/h4-5,10,13,16,19H,6-9,11-12H2,1-3H3. The fourth-order valence-corrected chi connectivity index (χ4v) is 2.53. The molecule has 0 bridgehead atoms. The molecule has 1 N–H and O–H groups in total. The molecule has 0 radical (unpaired) electrons. The molecule has 0 amide bonds. The number of ether oxygens (including phenoxy) is 1. The average molecular weight is 294 g/mol. The Hall–Kier alpha value is -0.970. The maximum Gasteiger partial charge on any atom is 0.128 e. The minimum atomic E-state index is -0.170. The first-order chi connectivity index (χ1) is 10.0. The van der Waals surface area contributed by atoms with Crippen molar-refractivity contribution in [1.82, 2.24) is 10.2 Å². The van der Waals surface area contributed by atoms with Crippen molar-refractivity contribution in [2.24, 2.45) is 0 Å². The largest absolute Gasteiger partial charge is 0.373 e. The first-order valence-corrected chi connectivity index (χ1v) is 7.85. The quantitative estimate of drug-likeness (QED) is 0.873. The zero-order chi connectivity index (χ0) is 15.2. The lowest BCUT2D eigenvalue weighted by Gasteiger charge is -2.29. The Kier molecular flexibility index (Phi) is 6.15. The molecule has 1 heterocycles. The molecule has 0 unspecified atom stereocenters. The van der Waals surface area contributed by atoms with Crippen LogP contribution >= 0.6 is 0 Å². The van der Waals surface area contributed by atoms with Gasteiger partial charge in [-0.05, 0) is 37.6 Å². The second kappa shape index (κ2) is 7.87. The molecule has 0 saturated carbocycles. The molecule has 118 valence electrons. The average Bonchev–Trinajstić information content (AvgIpc) is 2.46. The van der Waals surface area contributed by atoms with Gasteiger partial charge in [-0.25, -0.2) is 4.39 Å². The van der Waals surface area contributed by atoms with Crippen LogP contribution in [0.4, 0.5) is 4.39 Å². The van der Waals surface area contributed by atoms with Crippen LogP contribution in [-0.2, 0) is 17.9 Å². The fourth-order valence-electron chi connectivity index (χ4n) is 2.53. The van der Waals surface area contributed by atoms with Crippen molar-refractivity contribution in [2.45, 2.75) is 52.0 Å². The van der Waals surface area contributed by atoms with E-state index >= 15 is 0 Å². The van der Waals surface area contributed by atoms with Crippen LogP contribution < -0.4 is 5.32 Å². The lowest BCUT2D eigenvalue weighted by molar-refractivity contribution is 0.00103. The second-order valence-corrected chi connectivity index (χ2v) is 6.28. The molecular weight excluding hydrogens is 267 g/mol. The topological polar surface area (TPSA) is 24.5 Å². The van der Waals surface area contributed by atoms with Crippen LogP contribution in [0, 0.1) is 5.82 Å². The predicted molar refractivity (Wildman–Crippen MR) is 83.7 cm³/mol. The van der Waals surface area contributed by atoms with Gasteiger partial charge in [0.05, 0.1) is 12.7 Å². The molecule has 4 heteroatoms. The van der Waals surface area contributed by atoms with Crippen molar-refractivity contribution in [3.05, 3.63) is 35.1 Å². The molecule has 0 aromatic heterocycles.